The highest BCUT2D eigenvalue weighted by Crippen LogP contribution is 2.24. The zero-order valence-corrected chi connectivity index (χ0v) is 10.5. The number of hydrogen-bond acceptors (Lipinski definition) is 4. The monoisotopic (exact) mass is 265 g/mol. The van der Waals surface area contributed by atoms with E-state index in [1.165, 1.54) is 12.1 Å². The summed E-state index contributed by atoms with van der Waals surface area (Å²) in [5.41, 5.74) is 0.834. The Hall–Kier alpha value is -2.95. The molecule has 1 heterocycles. The van der Waals surface area contributed by atoms with Crippen molar-refractivity contribution in [1.82, 2.24) is 4.98 Å². The third-order valence-electron chi connectivity index (χ3n) is 3.01. The molecule has 2 aromatic carbocycles. The van der Waals surface area contributed by atoms with E-state index in [-0.39, 0.29) is 5.69 Å². The zero-order valence-electron chi connectivity index (χ0n) is 10.5. The van der Waals surface area contributed by atoms with Gasteiger partial charge in [-0.3, -0.25) is 10.1 Å². The van der Waals surface area contributed by atoms with Crippen LogP contribution in [0.1, 0.15) is 0 Å². The molecule has 1 aromatic heterocycles. The Morgan fingerprint density at radius 2 is 1.75 bits per heavy atom. The van der Waals surface area contributed by atoms with Crippen LogP contribution in [0.5, 0.6) is 0 Å². The van der Waals surface area contributed by atoms with Crippen LogP contribution >= 0.6 is 0 Å². The van der Waals surface area contributed by atoms with Gasteiger partial charge in [-0.05, 0) is 23.6 Å². The maximum atomic E-state index is 10.6. The van der Waals surface area contributed by atoms with Gasteiger partial charge < -0.3 is 5.32 Å². The number of non-ortho nitro benzene ring substituents is 1. The number of nitrogens with zero attached hydrogens (tertiary/aromatic N) is 2. The van der Waals surface area contributed by atoms with E-state index in [0.717, 1.165) is 22.3 Å². The summed E-state index contributed by atoms with van der Waals surface area (Å²) in [6.07, 6.45) is 1.73. The van der Waals surface area contributed by atoms with Crippen molar-refractivity contribution in [3.8, 4) is 0 Å². The summed E-state index contributed by atoms with van der Waals surface area (Å²) in [6, 6.07) is 16.1. The summed E-state index contributed by atoms with van der Waals surface area (Å²) in [4.78, 5) is 14.5. The van der Waals surface area contributed by atoms with Crippen molar-refractivity contribution >= 4 is 28.0 Å². The number of nitrogens with one attached hydrogen (secondary N) is 1. The first-order valence-corrected chi connectivity index (χ1v) is 6.09. The van der Waals surface area contributed by atoms with Crippen LogP contribution in [-0.2, 0) is 0 Å². The maximum Gasteiger partial charge on any atom is 0.269 e. The van der Waals surface area contributed by atoms with Crippen molar-refractivity contribution in [3.05, 3.63) is 70.9 Å². The van der Waals surface area contributed by atoms with Crippen molar-refractivity contribution in [1.29, 1.82) is 0 Å². The van der Waals surface area contributed by atoms with Crippen molar-refractivity contribution in [2.24, 2.45) is 0 Å². The zero-order chi connectivity index (χ0) is 13.9. The molecule has 20 heavy (non-hydrogen) atoms. The van der Waals surface area contributed by atoms with Gasteiger partial charge in [-0.2, -0.15) is 0 Å². The lowest BCUT2D eigenvalue weighted by molar-refractivity contribution is -0.384. The number of fused-ring (bicyclic) bond motifs is 1. The van der Waals surface area contributed by atoms with E-state index in [0.29, 0.717) is 0 Å². The Morgan fingerprint density at radius 3 is 2.50 bits per heavy atom. The third kappa shape index (κ3) is 2.29. The molecule has 98 valence electrons. The highest BCUT2D eigenvalue weighted by atomic mass is 16.6. The summed E-state index contributed by atoms with van der Waals surface area (Å²) in [7, 11) is 0. The molecular formula is C15H11N3O2. The molecule has 0 aliphatic heterocycles. The van der Waals surface area contributed by atoms with Gasteiger partial charge in [-0.15, -0.1) is 0 Å². The number of anilines is 2. The number of rotatable bonds is 3. The fraction of sp³-hybridized carbons (Fsp3) is 0. The van der Waals surface area contributed by atoms with Crippen LogP contribution in [0.3, 0.4) is 0 Å². The largest absolute Gasteiger partial charge is 0.340 e. The van der Waals surface area contributed by atoms with E-state index in [2.05, 4.69) is 10.3 Å². The van der Waals surface area contributed by atoms with E-state index in [1.807, 2.05) is 30.3 Å². The average molecular weight is 265 g/mol. The Kier molecular flexibility index (Phi) is 3.01. The van der Waals surface area contributed by atoms with Crippen molar-refractivity contribution in [2.75, 3.05) is 5.32 Å². The maximum absolute atomic E-state index is 10.6. The van der Waals surface area contributed by atoms with Gasteiger partial charge in [0.1, 0.15) is 5.82 Å². The second-order valence-corrected chi connectivity index (χ2v) is 4.31. The number of hydrogen-bond donors (Lipinski definition) is 1. The normalized spacial score (nSPS) is 10.4. The van der Waals surface area contributed by atoms with Crippen LogP contribution in [0, 0.1) is 10.1 Å². The van der Waals surface area contributed by atoms with E-state index in [4.69, 9.17) is 0 Å². The Bertz CT molecular complexity index is 764. The molecule has 0 unspecified atom stereocenters. The number of pyridine rings is 1. The second kappa shape index (κ2) is 4.97. The fourth-order valence-corrected chi connectivity index (χ4v) is 2.02. The van der Waals surface area contributed by atoms with E-state index in [9.17, 15) is 10.1 Å². The van der Waals surface area contributed by atoms with Gasteiger partial charge in [0.05, 0.1) is 4.92 Å². The summed E-state index contributed by atoms with van der Waals surface area (Å²) in [5, 5.41) is 15.9. The standard InChI is InChI=1S/C15H11N3O2/c19-18(20)13-7-5-12(6-8-13)17-15-14-4-2-1-3-11(14)9-10-16-15/h1-10H,(H,16,17). The van der Waals surface area contributed by atoms with Crippen LogP contribution in [0.25, 0.3) is 10.8 Å². The molecule has 0 bridgehead atoms. The topological polar surface area (TPSA) is 68.1 Å². The molecule has 3 aromatic rings. The van der Waals surface area contributed by atoms with Gasteiger partial charge in [0, 0.05) is 29.4 Å². The fourth-order valence-electron chi connectivity index (χ4n) is 2.02. The van der Waals surface area contributed by atoms with Gasteiger partial charge in [-0.1, -0.05) is 24.3 Å². The van der Waals surface area contributed by atoms with Crippen molar-refractivity contribution in [2.45, 2.75) is 0 Å². The van der Waals surface area contributed by atoms with E-state index in [1.54, 1.807) is 18.3 Å². The minimum absolute atomic E-state index is 0.0708. The molecule has 0 fully saturated rings. The molecule has 0 radical (unpaired) electrons. The molecule has 5 nitrogen and oxygen atoms in total. The highest BCUT2D eigenvalue weighted by molar-refractivity contribution is 5.93. The lowest BCUT2D eigenvalue weighted by Gasteiger charge is -2.08. The molecule has 0 amide bonds. The molecule has 0 saturated carbocycles. The van der Waals surface area contributed by atoms with E-state index >= 15 is 0 Å². The average Bonchev–Trinajstić information content (AvgIpc) is 2.48. The summed E-state index contributed by atoms with van der Waals surface area (Å²) >= 11 is 0. The number of nitro benzene ring substituents is 1. The van der Waals surface area contributed by atoms with Gasteiger partial charge in [0.25, 0.3) is 5.69 Å². The first kappa shape index (κ1) is 12.1. The molecular weight excluding hydrogens is 254 g/mol. The summed E-state index contributed by atoms with van der Waals surface area (Å²) in [6.45, 7) is 0. The molecule has 0 spiro atoms. The third-order valence-corrected chi connectivity index (χ3v) is 3.01. The van der Waals surface area contributed by atoms with Gasteiger partial charge in [0.2, 0.25) is 0 Å². The predicted molar refractivity (Wildman–Crippen MR) is 78.1 cm³/mol. The van der Waals surface area contributed by atoms with Crippen molar-refractivity contribution < 1.29 is 4.92 Å². The lowest BCUT2D eigenvalue weighted by atomic mass is 10.1. The lowest BCUT2D eigenvalue weighted by Crippen LogP contribution is -1.95. The summed E-state index contributed by atoms with van der Waals surface area (Å²) in [5.74, 6) is 0.733. The molecule has 3 rings (SSSR count). The Morgan fingerprint density at radius 1 is 1.00 bits per heavy atom. The van der Waals surface area contributed by atoms with Crippen LogP contribution < -0.4 is 5.32 Å². The SMILES string of the molecule is O=[N+]([O-])c1ccc(Nc2nccc3ccccc23)cc1. The summed E-state index contributed by atoms with van der Waals surface area (Å²) < 4.78 is 0. The number of nitro groups is 1. The second-order valence-electron chi connectivity index (χ2n) is 4.31. The molecule has 5 heteroatoms. The number of benzene rings is 2. The molecule has 1 N–H and O–H groups in total. The molecule has 0 aliphatic rings. The Labute approximate surface area is 115 Å². The van der Waals surface area contributed by atoms with Gasteiger partial charge in [0.15, 0.2) is 0 Å². The van der Waals surface area contributed by atoms with Crippen LogP contribution in [0.15, 0.2) is 60.8 Å². The molecule has 0 saturated heterocycles. The highest BCUT2D eigenvalue weighted by Gasteiger charge is 2.05. The number of aromatic nitrogens is 1. The first-order chi connectivity index (χ1) is 9.74. The van der Waals surface area contributed by atoms with Crippen LogP contribution in [-0.4, -0.2) is 9.91 Å². The van der Waals surface area contributed by atoms with Crippen molar-refractivity contribution in [3.63, 3.8) is 0 Å². The van der Waals surface area contributed by atoms with Gasteiger partial charge >= 0.3 is 0 Å². The first-order valence-electron chi connectivity index (χ1n) is 6.09. The smallest absolute Gasteiger partial charge is 0.269 e. The van der Waals surface area contributed by atoms with Crippen LogP contribution in [0.4, 0.5) is 17.2 Å². The van der Waals surface area contributed by atoms with Crippen LogP contribution in [0.2, 0.25) is 0 Å². The van der Waals surface area contributed by atoms with E-state index < -0.39 is 4.92 Å². The molecule has 0 atom stereocenters. The quantitative estimate of drug-likeness (QED) is 0.576. The van der Waals surface area contributed by atoms with Gasteiger partial charge in [-0.25, -0.2) is 4.98 Å². The minimum Gasteiger partial charge on any atom is -0.340 e. The minimum atomic E-state index is -0.417. The predicted octanol–water partition coefficient (Wildman–Crippen LogP) is 3.89. The Balaban J connectivity index is 1.95. The molecule has 0 aliphatic carbocycles.